The SMILES string of the molecule is O=C(Nc1cccc2n[se]nc12)c1cc(Cl)ccc1F. The van der Waals surface area contributed by atoms with Crippen molar-refractivity contribution in [3.8, 4) is 0 Å². The third-order valence-corrected chi connectivity index (χ3v) is 4.08. The maximum absolute atomic E-state index is 13.6. The van der Waals surface area contributed by atoms with Gasteiger partial charge in [0.25, 0.3) is 0 Å². The van der Waals surface area contributed by atoms with E-state index in [9.17, 15) is 9.18 Å². The number of hydrogen-bond donors (Lipinski definition) is 1. The van der Waals surface area contributed by atoms with Gasteiger partial charge in [-0.3, -0.25) is 0 Å². The Morgan fingerprint density at radius 3 is 2.95 bits per heavy atom. The first-order valence-electron chi connectivity index (χ1n) is 5.63. The monoisotopic (exact) mass is 355 g/mol. The molecule has 4 nitrogen and oxygen atoms in total. The summed E-state index contributed by atoms with van der Waals surface area (Å²) < 4.78 is 22.1. The first kappa shape index (κ1) is 13.2. The van der Waals surface area contributed by atoms with E-state index in [4.69, 9.17) is 11.6 Å². The first-order chi connectivity index (χ1) is 9.65. The van der Waals surface area contributed by atoms with Crippen LogP contribution < -0.4 is 5.32 Å². The van der Waals surface area contributed by atoms with Gasteiger partial charge in [0.2, 0.25) is 0 Å². The molecule has 1 amide bonds. The Hall–Kier alpha value is -1.75. The van der Waals surface area contributed by atoms with E-state index >= 15 is 0 Å². The minimum atomic E-state index is -0.620. The Kier molecular flexibility index (Phi) is 3.53. The molecule has 0 aliphatic rings. The van der Waals surface area contributed by atoms with Gasteiger partial charge in [0.1, 0.15) is 0 Å². The molecule has 1 N–H and O–H groups in total. The summed E-state index contributed by atoms with van der Waals surface area (Å²) in [6.45, 7) is 0. The summed E-state index contributed by atoms with van der Waals surface area (Å²) in [5.74, 6) is -1.18. The Morgan fingerprint density at radius 1 is 1.25 bits per heavy atom. The van der Waals surface area contributed by atoms with Crippen molar-refractivity contribution < 1.29 is 9.18 Å². The Balaban J connectivity index is 1.96. The van der Waals surface area contributed by atoms with Gasteiger partial charge >= 0.3 is 124 Å². The number of nitrogens with one attached hydrogen (secondary N) is 1. The molecule has 3 aromatic rings. The van der Waals surface area contributed by atoms with Gasteiger partial charge in [-0.2, -0.15) is 0 Å². The molecule has 0 spiro atoms. The van der Waals surface area contributed by atoms with Crippen LogP contribution in [-0.2, 0) is 0 Å². The van der Waals surface area contributed by atoms with Crippen LogP contribution in [-0.4, -0.2) is 28.8 Å². The van der Waals surface area contributed by atoms with Crippen LogP contribution in [0.2, 0.25) is 5.02 Å². The number of carbonyl (C=O) groups excluding carboxylic acids is 1. The molecule has 100 valence electrons. The molecule has 0 saturated heterocycles. The Labute approximate surface area is 124 Å². The van der Waals surface area contributed by atoms with E-state index in [-0.39, 0.29) is 20.5 Å². The Morgan fingerprint density at radius 2 is 2.10 bits per heavy atom. The van der Waals surface area contributed by atoms with Gasteiger partial charge in [0.05, 0.1) is 0 Å². The average molecular weight is 355 g/mol. The van der Waals surface area contributed by atoms with E-state index in [0.29, 0.717) is 16.2 Å². The van der Waals surface area contributed by atoms with Crippen molar-refractivity contribution in [1.82, 2.24) is 7.96 Å². The van der Waals surface area contributed by atoms with Crippen LogP contribution in [0.4, 0.5) is 10.1 Å². The molecule has 0 unspecified atom stereocenters. The van der Waals surface area contributed by atoms with Gasteiger partial charge < -0.3 is 0 Å². The molecule has 20 heavy (non-hydrogen) atoms. The van der Waals surface area contributed by atoms with E-state index in [1.54, 1.807) is 12.1 Å². The summed E-state index contributed by atoms with van der Waals surface area (Å²) >= 11 is 5.59. The summed E-state index contributed by atoms with van der Waals surface area (Å²) in [5.41, 5.74) is 1.81. The predicted molar refractivity (Wildman–Crippen MR) is 75.8 cm³/mol. The molecular formula is C13H7ClFN3OSe. The zero-order valence-corrected chi connectivity index (χ0v) is 12.4. The van der Waals surface area contributed by atoms with Crippen LogP contribution in [0.1, 0.15) is 10.4 Å². The second-order valence-electron chi connectivity index (χ2n) is 4.02. The van der Waals surface area contributed by atoms with Gasteiger partial charge in [0, 0.05) is 0 Å². The second-order valence-corrected chi connectivity index (χ2v) is 5.56. The van der Waals surface area contributed by atoms with E-state index in [0.717, 1.165) is 11.6 Å². The van der Waals surface area contributed by atoms with Crippen molar-refractivity contribution in [3.05, 3.63) is 52.8 Å². The van der Waals surface area contributed by atoms with Crippen LogP contribution in [0, 0.1) is 5.82 Å². The molecule has 0 atom stereocenters. The molecule has 0 radical (unpaired) electrons. The molecule has 0 fully saturated rings. The van der Waals surface area contributed by atoms with E-state index < -0.39 is 11.7 Å². The molecule has 0 bridgehead atoms. The van der Waals surface area contributed by atoms with Crippen LogP contribution in [0.15, 0.2) is 36.4 Å². The molecular weight excluding hydrogens is 348 g/mol. The number of hydrogen-bond acceptors (Lipinski definition) is 3. The summed E-state index contributed by atoms with van der Waals surface area (Å²) in [7, 11) is 0. The van der Waals surface area contributed by atoms with Crippen LogP contribution in [0.5, 0.6) is 0 Å². The van der Waals surface area contributed by atoms with Crippen molar-refractivity contribution >= 4 is 49.2 Å². The number of benzene rings is 2. The Bertz CT molecular complexity index is 805. The van der Waals surface area contributed by atoms with Crippen molar-refractivity contribution in [2.45, 2.75) is 0 Å². The molecule has 1 aromatic heterocycles. The number of halogens is 2. The van der Waals surface area contributed by atoms with Crippen molar-refractivity contribution in [2.75, 3.05) is 5.32 Å². The number of anilines is 1. The van der Waals surface area contributed by atoms with Crippen LogP contribution in [0.25, 0.3) is 11.0 Å². The van der Waals surface area contributed by atoms with Crippen molar-refractivity contribution in [3.63, 3.8) is 0 Å². The van der Waals surface area contributed by atoms with Crippen molar-refractivity contribution in [1.29, 1.82) is 0 Å². The topological polar surface area (TPSA) is 54.9 Å². The van der Waals surface area contributed by atoms with E-state index in [1.165, 1.54) is 12.1 Å². The van der Waals surface area contributed by atoms with Gasteiger partial charge in [-0.25, -0.2) is 0 Å². The zero-order chi connectivity index (χ0) is 14.1. The molecule has 1 heterocycles. The third kappa shape index (κ3) is 2.45. The molecule has 0 aliphatic heterocycles. The van der Waals surface area contributed by atoms with Gasteiger partial charge in [0.15, 0.2) is 0 Å². The minimum absolute atomic E-state index is 0.101. The predicted octanol–water partition coefficient (Wildman–Crippen LogP) is 2.73. The molecule has 3 rings (SSSR count). The van der Waals surface area contributed by atoms with Gasteiger partial charge in [-0.15, -0.1) is 0 Å². The van der Waals surface area contributed by atoms with E-state index in [1.807, 2.05) is 6.07 Å². The number of fused-ring (bicyclic) bond motifs is 1. The number of carbonyl (C=O) groups is 1. The summed E-state index contributed by atoms with van der Waals surface area (Å²) in [4.78, 5) is 12.1. The molecule has 7 heteroatoms. The fourth-order valence-corrected chi connectivity index (χ4v) is 3.09. The zero-order valence-electron chi connectivity index (χ0n) is 9.93. The fraction of sp³-hybridized carbons (Fsp3) is 0. The first-order valence-corrected chi connectivity index (χ1v) is 7.54. The molecule has 2 aromatic carbocycles. The molecule has 0 saturated carbocycles. The number of aromatic nitrogens is 2. The van der Waals surface area contributed by atoms with Gasteiger partial charge in [-0.05, 0) is 0 Å². The van der Waals surface area contributed by atoms with Crippen molar-refractivity contribution in [2.24, 2.45) is 0 Å². The third-order valence-electron chi connectivity index (χ3n) is 2.71. The van der Waals surface area contributed by atoms with E-state index in [2.05, 4.69) is 13.3 Å². The number of rotatable bonds is 2. The van der Waals surface area contributed by atoms with Crippen LogP contribution >= 0.6 is 11.6 Å². The number of nitrogens with zero attached hydrogens (tertiary/aromatic N) is 2. The standard InChI is InChI=1S/C13H7ClFN3OSe/c14-7-4-5-9(15)8(6-7)13(19)16-10-2-1-3-11-12(10)18-20-17-11/h1-6H,(H,16,19). The van der Waals surface area contributed by atoms with Crippen LogP contribution in [0.3, 0.4) is 0 Å². The fourth-order valence-electron chi connectivity index (χ4n) is 1.77. The summed E-state index contributed by atoms with van der Waals surface area (Å²) in [6.07, 6.45) is 0. The summed E-state index contributed by atoms with van der Waals surface area (Å²) in [5, 5.41) is 2.95. The number of amides is 1. The maximum atomic E-state index is 13.6. The normalized spacial score (nSPS) is 10.7. The quantitative estimate of drug-likeness (QED) is 0.720. The second kappa shape index (κ2) is 5.32. The average Bonchev–Trinajstić information content (AvgIpc) is 2.91. The molecule has 0 aliphatic carbocycles. The van der Waals surface area contributed by atoms with Gasteiger partial charge in [-0.1, -0.05) is 0 Å². The summed E-state index contributed by atoms with van der Waals surface area (Å²) in [6, 6.07) is 9.15.